The summed E-state index contributed by atoms with van der Waals surface area (Å²) in [5, 5.41) is 0. The van der Waals surface area contributed by atoms with Crippen LogP contribution in [-0.4, -0.2) is 109 Å². The summed E-state index contributed by atoms with van der Waals surface area (Å²) in [4.78, 5) is 66.7. The number of hydrogen-bond acceptors (Lipinski definition) is 10. The van der Waals surface area contributed by atoms with Gasteiger partial charge in [0.05, 0.1) is 19.7 Å². The average molecular weight is 576 g/mol. The molecule has 2 aliphatic rings. The number of esters is 2. The molecular weight excluding hydrogens is 534 g/mol. The van der Waals surface area contributed by atoms with Crippen molar-refractivity contribution in [2.24, 2.45) is 5.92 Å². The summed E-state index contributed by atoms with van der Waals surface area (Å²) in [6, 6.07) is 6.57. The Labute approximate surface area is 240 Å². The van der Waals surface area contributed by atoms with E-state index in [2.05, 4.69) is 4.90 Å². The van der Waals surface area contributed by atoms with Crippen molar-refractivity contribution in [2.75, 3.05) is 52.5 Å². The van der Waals surface area contributed by atoms with E-state index in [4.69, 9.17) is 18.9 Å². The van der Waals surface area contributed by atoms with Crippen molar-refractivity contribution in [3.05, 3.63) is 29.8 Å². The highest BCUT2D eigenvalue weighted by Crippen LogP contribution is 2.21. The fraction of sp³-hybridized carbons (Fsp3) is 0.621. The first-order valence-electron chi connectivity index (χ1n) is 14.2. The third-order valence-corrected chi connectivity index (χ3v) is 7.06. The Hall–Kier alpha value is -3.67. The minimum absolute atomic E-state index is 0.0143. The molecule has 2 amide bonds. The summed E-state index contributed by atoms with van der Waals surface area (Å²) in [6.07, 6.45) is 0.141. The van der Waals surface area contributed by atoms with Crippen LogP contribution < -0.4 is 4.74 Å². The normalized spacial score (nSPS) is 17.2. The zero-order chi connectivity index (χ0) is 29.9. The molecular formula is C29H41N3O9. The van der Waals surface area contributed by atoms with Gasteiger partial charge in [-0.15, -0.1) is 0 Å². The molecule has 226 valence electrons. The van der Waals surface area contributed by atoms with Crippen LogP contribution in [0, 0.1) is 5.92 Å². The van der Waals surface area contributed by atoms with E-state index < -0.39 is 24.3 Å². The van der Waals surface area contributed by atoms with E-state index in [0.717, 1.165) is 0 Å². The Balaban J connectivity index is 1.42. The lowest BCUT2D eigenvalue weighted by atomic mass is 10.0. The molecule has 0 aromatic heterocycles. The van der Waals surface area contributed by atoms with Crippen molar-refractivity contribution in [3.8, 4) is 5.75 Å². The molecule has 41 heavy (non-hydrogen) atoms. The summed E-state index contributed by atoms with van der Waals surface area (Å²) in [6.45, 7) is 9.32. The molecule has 0 bridgehead atoms. The zero-order valence-electron chi connectivity index (χ0n) is 24.3. The molecule has 0 aliphatic carbocycles. The van der Waals surface area contributed by atoms with E-state index in [0.29, 0.717) is 50.3 Å². The number of ether oxygens (including phenoxy) is 4. The van der Waals surface area contributed by atoms with E-state index in [1.54, 1.807) is 47.9 Å². The number of likely N-dealkylation sites (tertiary alicyclic amines) is 1. The molecule has 0 N–H and O–H groups in total. The van der Waals surface area contributed by atoms with Crippen LogP contribution in [-0.2, 0) is 28.6 Å². The smallest absolute Gasteiger partial charge is 0.412 e. The summed E-state index contributed by atoms with van der Waals surface area (Å²) < 4.78 is 20.9. The average Bonchev–Trinajstić information content (AvgIpc) is 2.97. The fourth-order valence-electron chi connectivity index (χ4n) is 4.65. The Morgan fingerprint density at radius 1 is 0.927 bits per heavy atom. The molecule has 3 rings (SSSR count). The number of ketones is 1. The first kappa shape index (κ1) is 31.9. The molecule has 0 radical (unpaired) electrons. The lowest BCUT2D eigenvalue weighted by Gasteiger charge is -2.42. The summed E-state index contributed by atoms with van der Waals surface area (Å²) in [7, 11) is 0. The minimum Gasteiger partial charge on any atom is -0.482 e. The van der Waals surface area contributed by atoms with Crippen LogP contribution >= 0.6 is 0 Å². The van der Waals surface area contributed by atoms with E-state index in [-0.39, 0.29) is 56.4 Å². The summed E-state index contributed by atoms with van der Waals surface area (Å²) >= 11 is 0. The van der Waals surface area contributed by atoms with Crippen molar-refractivity contribution in [2.45, 2.75) is 59.3 Å². The monoisotopic (exact) mass is 575 g/mol. The zero-order valence-corrected chi connectivity index (χ0v) is 24.3. The van der Waals surface area contributed by atoms with Gasteiger partial charge in [-0.2, -0.15) is 0 Å². The molecule has 12 heteroatoms. The number of carbonyl (C=O) groups excluding carboxylic acids is 5. The van der Waals surface area contributed by atoms with Gasteiger partial charge in [0.1, 0.15) is 5.75 Å². The van der Waals surface area contributed by atoms with Gasteiger partial charge in [-0.3, -0.25) is 19.3 Å². The van der Waals surface area contributed by atoms with Crippen LogP contribution in [0.4, 0.5) is 4.79 Å². The first-order chi connectivity index (χ1) is 19.6. The Bertz CT molecular complexity index is 1070. The van der Waals surface area contributed by atoms with Crippen molar-refractivity contribution in [3.63, 3.8) is 0 Å². The number of amides is 2. The van der Waals surface area contributed by atoms with E-state index in [1.807, 2.05) is 13.8 Å². The second-order valence-electron chi connectivity index (χ2n) is 10.4. The van der Waals surface area contributed by atoms with Crippen LogP contribution in [0.3, 0.4) is 0 Å². The molecule has 1 atom stereocenters. The summed E-state index contributed by atoms with van der Waals surface area (Å²) in [5.74, 6) is -0.908. The first-order valence-corrected chi connectivity index (χ1v) is 14.2. The predicted octanol–water partition coefficient (Wildman–Crippen LogP) is 2.49. The molecule has 2 saturated heterocycles. The third kappa shape index (κ3) is 9.44. The summed E-state index contributed by atoms with van der Waals surface area (Å²) in [5.41, 5.74) is 0.451. The molecule has 2 aliphatic heterocycles. The van der Waals surface area contributed by atoms with Crippen LogP contribution in [0.2, 0.25) is 0 Å². The molecule has 1 aromatic carbocycles. The van der Waals surface area contributed by atoms with Gasteiger partial charge in [-0.25, -0.2) is 9.59 Å². The van der Waals surface area contributed by atoms with Crippen molar-refractivity contribution in [1.29, 1.82) is 0 Å². The van der Waals surface area contributed by atoms with Gasteiger partial charge in [0.2, 0.25) is 5.91 Å². The molecule has 0 saturated carbocycles. The minimum atomic E-state index is -0.927. The van der Waals surface area contributed by atoms with Crippen molar-refractivity contribution >= 4 is 29.7 Å². The van der Waals surface area contributed by atoms with Crippen LogP contribution in [0.5, 0.6) is 5.75 Å². The van der Waals surface area contributed by atoms with E-state index in [1.165, 1.54) is 0 Å². The van der Waals surface area contributed by atoms with E-state index >= 15 is 0 Å². The van der Waals surface area contributed by atoms with Gasteiger partial charge >= 0.3 is 18.0 Å². The van der Waals surface area contributed by atoms with Gasteiger partial charge in [-0.05, 0) is 44.0 Å². The number of piperazine rings is 1. The highest BCUT2D eigenvalue weighted by atomic mass is 16.7. The maximum absolute atomic E-state index is 12.9. The van der Waals surface area contributed by atoms with E-state index in [9.17, 15) is 24.0 Å². The molecule has 12 nitrogen and oxygen atoms in total. The Morgan fingerprint density at radius 3 is 2.20 bits per heavy atom. The molecule has 1 aromatic rings. The maximum atomic E-state index is 12.9. The number of nitrogens with zero attached hydrogens (tertiary/aromatic N) is 3. The fourth-order valence-corrected chi connectivity index (χ4v) is 4.65. The largest absolute Gasteiger partial charge is 0.482 e. The van der Waals surface area contributed by atoms with Crippen LogP contribution in [0.15, 0.2) is 24.3 Å². The molecule has 2 heterocycles. The quantitative estimate of drug-likeness (QED) is 0.208. The SMILES string of the molecule is CCOC(=O)COc1ccc(C(=O)CN2CCN(C3CCN(C(=O)OC(OC(=O)CC)C(C)C)CC3)CC2=O)cc1. The second-order valence-corrected chi connectivity index (χ2v) is 10.4. The third-order valence-electron chi connectivity index (χ3n) is 7.06. The van der Waals surface area contributed by atoms with Gasteiger partial charge in [-0.1, -0.05) is 20.8 Å². The predicted molar refractivity (Wildman–Crippen MR) is 147 cm³/mol. The Kier molecular flexibility index (Phi) is 11.9. The van der Waals surface area contributed by atoms with Crippen molar-refractivity contribution < 1.29 is 42.9 Å². The number of piperidine rings is 1. The second kappa shape index (κ2) is 15.4. The van der Waals surface area contributed by atoms with Crippen LogP contribution in [0.1, 0.15) is 57.3 Å². The standard InChI is InChI=1S/C29H41N3O9/c1-5-26(35)40-28(20(3)4)41-29(37)30-13-11-22(12-14-30)31-15-16-32(25(34)18-31)17-24(33)21-7-9-23(10-8-21)39-19-27(36)38-6-2/h7-10,20,22,28H,5-6,11-19H2,1-4H3. The highest BCUT2D eigenvalue weighted by Gasteiger charge is 2.34. The number of rotatable bonds is 12. The number of carbonyl (C=O) groups is 5. The number of benzene rings is 1. The Morgan fingerprint density at radius 2 is 1.61 bits per heavy atom. The van der Waals surface area contributed by atoms with Gasteiger partial charge in [0.15, 0.2) is 12.4 Å². The number of hydrogen-bond donors (Lipinski definition) is 0. The lowest BCUT2D eigenvalue weighted by Crippen LogP contribution is -2.56. The van der Waals surface area contributed by atoms with Crippen LogP contribution in [0.25, 0.3) is 0 Å². The highest BCUT2D eigenvalue weighted by molar-refractivity contribution is 5.99. The van der Waals surface area contributed by atoms with Gasteiger partial charge in [0.25, 0.3) is 6.29 Å². The van der Waals surface area contributed by atoms with Crippen molar-refractivity contribution in [1.82, 2.24) is 14.7 Å². The molecule has 1 unspecified atom stereocenters. The number of Topliss-reactive ketones (excluding diaryl/α,β-unsaturated/α-hetero) is 1. The maximum Gasteiger partial charge on any atom is 0.412 e. The molecule has 2 fully saturated rings. The topological polar surface area (TPSA) is 132 Å². The lowest BCUT2D eigenvalue weighted by molar-refractivity contribution is -0.176. The molecule has 0 spiro atoms. The van der Waals surface area contributed by atoms with Gasteiger partial charge < -0.3 is 28.7 Å². The van der Waals surface area contributed by atoms with Gasteiger partial charge in [0, 0.05) is 50.1 Å².